The van der Waals surface area contributed by atoms with Gasteiger partial charge in [0.25, 0.3) is 0 Å². The van der Waals surface area contributed by atoms with E-state index < -0.39 is 0 Å². The van der Waals surface area contributed by atoms with Crippen molar-refractivity contribution in [2.24, 2.45) is 5.73 Å². The zero-order chi connectivity index (χ0) is 13.6. The molecule has 2 N–H and O–H groups in total. The number of hydrogen-bond donors (Lipinski definition) is 1. The third kappa shape index (κ3) is 5.83. The maximum atomic E-state index is 6.13. The molecule has 0 bridgehead atoms. The lowest BCUT2D eigenvalue weighted by atomic mass is 10.1. The molecule has 0 radical (unpaired) electrons. The minimum absolute atomic E-state index is 0.121. The van der Waals surface area contributed by atoms with Gasteiger partial charge < -0.3 is 15.2 Å². The Kier molecular flexibility index (Phi) is 6.09. The molecule has 0 aliphatic carbocycles. The average Bonchev–Trinajstić information content (AvgIpc) is 2.29. The first-order valence-electron chi connectivity index (χ1n) is 6.11. The summed E-state index contributed by atoms with van der Waals surface area (Å²) in [6, 6.07) is 5.80. The van der Waals surface area contributed by atoms with Crippen LogP contribution in [0.5, 0.6) is 0 Å². The molecule has 3 nitrogen and oxygen atoms in total. The Hall–Kier alpha value is -0.610. The fraction of sp³-hybridized carbons (Fsp3) is 0.571. The van der Waals surface area contributed by atoms with Crippen LogP contribution in [0.25, 0.3) is 0 Å². The first-order valence-corrected chi connectivity index (χ1v) is 6.49. The molecule has 18 heavy (non-hydrogen) atoms. The summed E-state index contributed by atoms with van der Waals surface area (Å²) in [5.74, 6) is 0. The summed E-state index contributed by atoms with van der Waals surface area (Å²) in [5, 5.41) is 0.703. The summed E-state index contributed by atoms with van der Waals surface area (Å²) in [6.07, 6.45) is 0. The normalized spacial score (nSPS) is 11.8. The van der Waals surface area contributed by atoms with Crippen molar-refractivity contribution in [1.82, 2.24) is 0 Å². The molecule has 1 aromatic rings. The van der Waals surface area contributed by atoms with E-state index in [0.717, 1.165) is 11.1 Å². The largest absolute Gasteiger partial charge is 0.374 e. The zero-order valence-corrected chi connectivity index (χ0v) is 12.1. The fourth-order valence-corrected chi connectivity index (χ4v) is 1.68. The molecule has 0 saturated heterocycles. The molecule has 0 saturated carbocycles. The van der Waals surface area contributed by atoms with Gasteiger partial charge in [-0.1, -0.05) is 23.7 Å². The van der Waals surface area contributed by atoms with Gasteiger partial charge in [0.2, 0.25) is 0 Å². The van der Waals surface area contributed by atoms with Gasteiger partial charge >= 0.3 is 0 Å². The number of halogens is 1. The predicted octanol–water partition coefficient (Wildman–Crippen LogP) is 3.13. The first-order chi connectivity index (χ1) is 8.42. The van der Waals surface area contributed by atoms with Crippen LogP contribution in [0.4, 0.5) is 0 Å². The standard InChI is InChI=1S/C14H22ClNO2/c1-14(2,3)18-7-6-17-10-12-5-4-11(9-16)8-13(12)15/h4-5,8H,6-7,9-10,16H2,1-3H3. The highest BCUT2D eigenvalue weighted by Gasteiger charge is 2.09. The van der Waals surface area contributed by atoms with Crippen molar-refractivity contribution in [2.75, 3.05) is 13.2 Å². The molecule has 0 amide bonds. The minimum Gasteiger partial charge on any atom is -0.374 e. The van der Waals surface area contributed by atoms with Gasteiger partial charge in [0.15, 0.2) is 0 Å². The van der Waals surface area contributed by atoms with E-state index in [-0.39, 0.29) is 5.60 Å². The molecule has 0 aliphatic heterocycles. The van der Waals surface area contributed by atoms with Crippen LogP contribution >= 0.6 is 11.6 Å². The van der Waals surface area contributed by atoms with E-state index >= 15 is 0 Å². The van der Waals surface area contributed by atoms with Gasteiger partial charge in [0.1, 0.15) is 0 Å². The first kappa shape index (κ1) is 15.4. The number of nitrogens with two attached hydrogens (primary N) is 1. The maximum Gasteiger partial charge on any atom is 0.0732 e. The van der Waals surface area contributed by atoms with E-state index in [4.69, 9.17) is 26.8 Å². The van der Waals surface area contributed by atoms with E-state index in [2.05, 4.69) is 0 Å². The Morgan fingerprint density at radius 3 is 2.50 bits per heavy atom. The third-order valence-corrected chi connectivity index (χ3v) is 2.73. The van der Waals surface area contributed by atoms with Crippen molar-refractivity contribution in [3.63, 3.8) is 0 Å². The van der Waals surface area contributed by atoms with Crippen LogP contribution in [0.2, 0.25) is 5.02 Å². The number of benzene rings is 1. The Morgan fingerprint density at radius 1 is 1.22 bits per heavy atom. The van der Waals surface area contributed by atoms with Crippen molar-refractivity contribution < 1.29 is 9.47 Å². The number of ether oxygens (including phenoxy) is 2. The lowest BCUT2D eigenvalue weighted by Gasteiger charge is -2.19. The summed E-state index contributed by atoms with van der Waals surface area (Å²) < 4.78 is 11.1. The molecule has 4 heteroatoms. The van der Waals surface area contributed by atoms with E-state index in [1.807, 2.05) is 39.0 Å². The van der Waals surface area contributed by atoms with Crippen LogP contribution in [-0.4, -0.2) is 18.8 Å². The van der Waals surface area contributed by atoms with Gasteiger partial charge in [0.05, 0.1) is 25.4 Å². The Labute approximate surface area is 114 Å². The van der Waals surface area contributed by atoms with E-state index in [0.29, 0.717) is 31.4 Å². The second kappa shape index (κ2) is 7.10. The predicted molar refractivity (Wildman–Crippen MR) is 74.7 cm³/mol. The highest BCUT2D eigenvalue weighted by atomic mass is 35.5. The summed E-state index contributed by atoms with van der Waals surface area (Å²) in [4.78, 5) is 0. The molecular weight excluding hydrogens is 250 g/mol. The summed E-state index contributed by atoms with van der Waals surface area (Å²) in [5.41, 5.74) is 7.43. The number of hydrogen-bond acceptors (Lipinski definition) is 3. The smallest absolute Gasteiger partial charge is 0.0732 e. The molecule has 1 rings (SSSR count). The highest BCUT2D eigenvalue weighted by molar-refractivity contribution is 6.31. The van der Waals surface area contributed by atoms with Gasteiger partial charge in [-0.25, -0.2) is 0 Å². The van der Waals surface area contributed by atoms with Crippen LogP contribution in [0.15, 0.2) is 18.2 Å². The van der Waals surface area contributed by atoms with Gasteiger partial charge in [-0.2, -0.15) is 0 Å². The van der Waals surface area contributed by atoms with Crippen molar-refractivity contribution >= 4 is 11.6 Å². The fourth-order valence-electron chi connectivity index (χ4n) is 1.42. The topological polar surface area (TPSA) is 44.5 Å². The summed E-state index contributed by atoms with van der Waals surface area (Å²) >= 11 is 6.13. The molecule has 0 unspecified atom stereocenters. The SMILES string of the molecule is CC(C)(C)OCCOCc1ccc(CN)cc1Cl. The van der Waals surface area contributed by atoms with E-state index in [9.17, 15) is 0 Å². The van der Waals surface area contributed by atoms with Crippen LogP contribution in [-0.2, 0) is 22.6 Å². The van der Waals surface area contributed by atoms with Crippen molar-refractivity contribution in [2.45, 2.75) is 39.5 Å². The molecule has 0 aliphatic rings. The second-order valence-corrected chi connectivity index (χ2v) is 5.55. The third-order valence-electron chi connectivity index (χ3n) is 2.37. The lowest BCUT2D eigenvalue weighted by molar-refractivity contribution is -0.0376. The van der Waals surface area contributed by atoms with Crippen molar-refractivity contribution in [3.8, 4) is 0 Å². The molecular formula is C14H22ClNO2. The average molecular weight is 272 g/mol. The van der Waals surface area contributed by atoms with Gasteiger partial charge in [-0.05, 0) is 38.0 Å². The molecule has 102 valence electrons. The molecule has 0 aromatic heterocycles. The Bertz CT molecular complexity index is 375. The van der Waals surface area contributed by atoms with Crippen LogP contribution in [0.3, 0.4) is 0 Å². The Balaban J connectivity index is 2.31. The lowest BCUT2D eigenvalue weighted by Crippen LogP contribution is -2.21. The Morgan fingerprint density at radius 2 is 1.94 bits per heavy atom. The summed E-state index contributed by atoms with van der Waals surface area (Å²) in [7, 11) is 0. The van der Waals surface area contributed by atoms with Crippen molar-refractivity contribution in [3.05, 3.63) is 34.3 Å². The summed E-state index contributed by atoms with van der Waals surface area (Å²) in [6.45, 7) is 8.21. The quantitative estimate of drug-likeness (QED) is 0.809. The van der Waals surface area contributed by atoms with Crippen LogP contribution < -0.4 is 5.73 Å². The van der Waals surface area contributed by atoms with Gasteiger partial charge in [-0.3, -0.25) is 0 Å². The minimum atomic E-state index is -0.121. The van der Waals surface area contributed by atoms with Crippen LogP contribution in [0, 0.1) is 0 Å². The van der Waals surface area contributed by atoms with Crippen LogP contribution in [0.1, 0.15) is 31.9 Å². The van der Waals surface area contributed by atoms with E-state index in [1.54, 1.807) is 0 Å². The van der Waals surface area contributed by atoms with Gasteiger partial charge in [0, 0.05) is 11.6 Å². The number of rotatable bonds is 6. The zero-order valence-electron chi connectivity index (χ0n) is 11.3. The maximum absolute atomic E-state index is 6.13. The van der Waals surface area contributed by atoms with Crippen molar-refractivity contribution in [1.29, 1.82) is 0 Å². The molecule has 0 spiro atoms. The van der Waals surface area contributed by atoms with Gasteiger partial charge in [-0.15, -0.1) is 0 Å². The molecule has 1 aromatic carbocycles. The molecule has 0 heterocycles. The molecule has 0 fully saturated rings. The highest BCUT2D eigenvalue weighted by Crippen LogP contribution is 2.18. The second-order valence-electron chi connectivity index (χ2n) is 5.14. The molecule has 0 atom stereocenters. The monoisotopic (exact) mass is 271 g/mol. The van der Waals surface area contributed by atoms with E-state index in [1.165, 1.54) is 0 Å².